The van der Waals surface area contributed by atoms with Gasteiger partial charge in [-0.2, -0.15) is 0 Å². The maximum absolute atomic E-state index is 11.8. The Hall–Kier alpha value is -1.36. The maximum Gasteiger partial charge on any atom is 0.265 e. The monoisotopic (exact) mass is 266 g/mol. The Morgan fingerprint density at radius 1 is 1.35 bits per heavy atom. The highest BCUT2D eigenvalue weighted by molar-refractivity contribution is 7.18. The summed E-state index contributed by atoms with van der Waals surface area (Å²) in [5.74, 6) is -0.156. The molecule has 5 heteroatoms. The van der Waals surface area contributed by atoms with Crippen molar-refractivity contribution in [3.8, 4) is 0 Å². The lowest BCUT2D eigenvalue weighted by atomic mass is 10.2. The van der Waals surface area contributed by atoms with Crippen LogP contribution in [0.5, 0.6) is 0 Å². The van der Waals surface area contributed by atoms with E-state index in [2.05, 4.69) is 5.32 Å². The lowest BCUT2D eigenvalue weighted by molar-refractivity contribution is 0.103. The summed E-state index contributed by atoms with van der Waals surface area (Å²) in [4.78, 5) is 12.4. The average molecular weight is 267 g/mol. The van der Waals surface area contributed by atoms with Crippen molar-refractivity contribution in [2.24, 2.45) is 5.73 Å². The van der Waals surface area contributed by atoms with Gasteiger partial charge in [0.1, 0.15) is 0 Å². The Kier molecular flexibility index (Phi) is 3.78. The SMILES string of the molecule is NCc1cccc(NC(=O)c2ccc(Cl)s2)c1. The number of rotatable bonds is 3. The molecule has 1 aromatic heterocycles. The van der Waals surface area contributed by atoms with Crippen molar-refractivity contribution >= 4 is 34.5 Å². The van der Waals surface area contributed by atoms with Crippen LogP contribution >= 0.6 is 22.9 Å². The van der Waals surface area contributed by atoms with Crippen LogP contribution in [-0.2, 0) is 6.54 Å². The van der Waals surface area contributed by atoms with Gasteiger partial charge in [-0.3, -0.25) is 4.79 Å². The summed E-state index contributed by atoms with van der Waals surface area (Å²) in [5, 5.41) is 2.80. The molecule has 0 bridgehead atoms. The first-order valence-corrected chi connectivity index (χ1v) is 6.24. The van der Waals surface area contributed by atoms with E-state index >= 15 is 0 Å². The minimum atomic E-state index is -0.156. The number of nitrogens with one attached hydrogen (secondary N) is 1. The highest BCUT2D eigenvalue weighted by Crippen LogP contribution is 2.22. The van der Waals surface area contributed by atoms with Crippen molar-refractivity contribution in [2.45, 2.75) is 6.54 Å². The topological polar surface area (TPSA) is 55.1 Å². The van der Waals surface area contributed by atoms with Crippen LogP contribution in [0.25, 0.3) is 0 Å². The van der Waals surface area contributed by atoms with Gasteiger partial charge in [0.05, 0.1) is 9.21 Å². The van der Waals surface area contributed by atoms with E-state index in [1.807, 2.05) is 24.3 Å². The standard InChI is InChI=1S/C12H11ClN2OS/c13-11-5-4-10(17-11)12(16)15-9-3-1-2-8(6-9)7-14/h1-6H,7,14H2,(H,15,16). The number of nitrogens with two attached hydrogens (primary N) is 1. The average Bonchev–Trinajstić information content (AvgIpc) is 2.76. The smallest absolute Gasteiger partial charge is 0.265 e. The fourth-order valence-corrected chi connectivity index (χ4v) is 2.34. The molecule has 0 aliphatic carbocycles. The molecule has 1 heterocycles. The van der Waals surface area contributed by atoms with Gasteiger partial charge < -0.3 is 11.1 Å². The van der Waals surface area contributed by atoms with Crippen molar-refractivity contribution in [1.29, 1.82) is 0 Å². The highest BCUT2D eigenvalue weighted by Gasteiger charge is 2.08. The molecule has 17 heavy (non-hydrogen) atoms. The third-order valence-corrected chi connectivity index (χ3v) is 3.45. The van der Waals surface area contributed by atoms with Gasteiger partial charge in [0.25, 0.3) is 5.91 Å². The third kappa shape index (κ3) is 3.06. The van der Waals surface area contributed by atoms with E-state index in [1.54, 1.807) is 12.1 Å². The summed E-state index contributed by atoms with van der Waals surface area (Å²) in [5.41, 5.74) is 7.25. The summed E-state index contributed by atoms with van der Waals surface area (Å²) in [7, 11) is 0. The Morgan fingerprint density at radius 3 is 2.82 bits per heavy atom. The van der Waals surface area contributed by atoms with Gasteiger partial charge in [0.2, 0.25) is 0 Å². The number of thiophene rings is 1. The lowest BCUT2D eigenvalue weighted by Gasteiger charge is -2.05. The molecule has 0 aliphatic heterocycles. The Bertz CT molecular complexity index is 539. The molecule has 0 saturated carbocycles. The van der Waals surface area contributed by atoms with Crippen LogP contribution in [0.1, 0.15) is 15.2 Å². The predicted molar refractivity (Wildman–Crippen MR) is 71.6 cm³/mol. The van der Waals surface area contributed by atoms with Crippen LogP contribution in [0.2, 0.25) is 4.34 Å². The molecule has 0 aliphatic rings. The van der Waals surface area contributed by atoms with Gasteiger partial charge >= 0.3 is 0 Å². The minimum absolute atomic E-state index is 0.156. The highest BCUT2D eigenvalue weighted by atomic mass is 35.5. The number of anilines is 1. The van der Waals surface area contributed by atoms with Gasteiger partial charge in [0, 0.05) is 12.2 Å². The van der Waals surface area contributed by atoms with E-state index < -0.39 is 0 Å². The number of carbonyl (C=O) groups is 1. The number of halogens is 1. The number of hydrogen-bond donors (Lipinski definition) is 2. The van der Waals surface area contributed by atoms with Crippen molar-refractivity contribution < 1.29 is 4.79 Å². The number of amides is 1. The van der Waals surface area contributed by atoms with Crippen LogP contribution < -0.4 is 11.1 Å². The number of carbonyl (C=O) groups excluding carboxylic acids is 1. The van der Waals surface area contributed by atoms with Gasteiger partial charge in [-0.25, -0.2) is 0 Å². The van der Waals surface area contributed by atoms with E-state index in [1.165, 1.54) is 11.3 Å². The first-order chi connectivity index (χ1) is 8.19. The molecule has 0 saturated heterocycles. The van der Waals surface area contributed by atoms with Gasteiger partial charge in [0.15, 0.2) is 0 Å². The molecule has 0 atom stereocenters. The van der Waals surface area contributed by atoms with Crippen LogP contribution in [0.4, 0.5) is 5.69 Å². The Morgan fingerprint density at radius 2 is 2.18 bits per heavy atom. The summed E-state index contributed by atoms with van der Waals surface area (Å²) < 4.78 is 0.603. The molecule has 88 valence electrons. The second-order valence-corrected chi connectivity index (χ2v) is 5.18. The largest absolute Gasteiger partial charge is 0.326 e. The van der Waals surface area contributed by atoms with Crippen LogP contribution in [-0.4, -0.2) is 5.91 Å². The van der Waals surface area contributed by atoms with Crippen molar-refractivity contribution in [3.05, 3.63) is 51.2 Å². The fourth-order valence-electron chi connectivity index (χ4n) is 1.41. The Labute approximate surface area is 108 Å². The second kappa shape index (κ2) is 5.31. The van der Waals surface area contributed by atoms with E-state index in [4.69, 9.17) is 17.3 Å². The van der Waals surface area contributed by atoms with E-state index in [0.29, 0.717) is 15.8 Å². The first kappa shape index (κ1) is 12.1. The summed E-state index contributed by atoms with van der Waals surface area (Å²) in [6, 6.07) is 10.9. The predicted octanol–water partition coefficient (Wildman–Crippen LogP) is 3.11. The maximum atomic E-state index is 11.8. The molecule has 0 unspecified atom stereocenters. The normalized spacial score (nSPS) is 10.2. The number of hydrogen-bond acceptors (Lipinski definition) is 3. The molecular formula is C12H11ClN2OS. The summed E-state index contributed by atoms with van der Waals surface area (Å²) in [6.07, 6.45) is 0. The van der Waals surface area contributed by atoms with Gasteiger partial charge in [-0.05, 0) is 29.8 Å². The molecule has 2 rings (SSSR count). The van der Waals surface area contributed by atoms with Gasteiger partial charge in [-0.1, -0.05) is 23.7 Å². The zero-order chi connectivity index (χ0) is 12.3. The van der Waals surface area contributed by atoms with Crippen LogP contribution in [0.15, 0.2) is 36.4 Å². The van der Waals surface area contributed by atoms with Gasteiger partial charge in [-0.15, -0.1) is 11.3 Å². The van der Waals surface area contributed by atoms with E-state index in [9.17, 15) is 4.79 Å². The molecule has 1 amide bonds. The molecule has 3 N–H and O–H groups in total. The zero-order valence-electron chi connectivity index (χ0n) is 8.94. The van der Waals surface area contributed by atoms with E-state index in [0.717, 1.165) is 11.3 Å². The molecule has 3 nitrogen and oxygen atoms in total. The fraction of sp³-hybridized carbons (Fsp3) is 0.0833. The Balaban J connectivity index is 2.12. The van der Waals surface area contributed by atoms with Crippen molar-refractivity contribution in [1.82, 2.24) is 0 Å². The molecule has 0 fully saturated rings. The summed E-state index contributed by atoms with van der Waals surface area (Å²) in [6.45, 7) is 0.453. The van der Waals surface area contributed by atoms with E-state index in [-0.39, 0.29) is 5.91 Å². The minimum Gasteiger partial charge on any atom is -0.326 e. The quantitative estimate of drug-likeness (QED) is 0.897. The summed E-state index contributed by atoms with van der Waals surface area (Å²) >= 11 is 7.03. The first-order valence-electron chi connectivity index (χ1n) is 5.05. The molecule has 2 aromatic rings. The molecule has 1 aromatic carbocycles. The number of benzene rings is 1. The molecule has 0 radical (unpaired) electrons. The van der Waals surface area contributed by atoms with Crippen molar-refractivity contribution in [3.63, 3.8) is 0 Å². The third-order valence-electron chi connectivity index (χ3n) is 2.22. The molecule has 0 spiro atoms. The lowest BCUT2D eigenvalue weighted by Crippen LogP contribution is -2.10. The van der Waals surface area contributed by atoms with Crippen LogP contribution in [0.3, 0.4) is 0 Å². The second-order valence-electron chi connectivity index (χ2n) is 3.46. The zero-order valence-corrected chi connectivity index (χ0v) is 10.5. The van der Waals surface area contributed by atoms with Crippen LogP contribution in [0, 0.1) is 0 Å². The van der Waals surface area contributed by atoms with Crippen molar-refractivity contribution in [2.75, 3.05) is 5.32 Å². The molecular weight excluding hydrogens is 256 g/mol.